The zero-order valence-electron chi connectivity index (χ0n) is 7.94. The van der Waals surface area contributed by atoms with Gasteiger partial charge < -0.3 is 14.9 Å². The number of ether oxygens (including phenoxy) is 1. The van der Waals surface area contributed by atoms with Gasteiger partial charge in [0, 0.05) is 0 Å². The topological polar surface area (TPSA) is 101 Å². The second kappa shape index (κ2) is 4.59. The minimum Gasteiger partial charge on any atom is -0.481 e. The molecule has 0 rings (SSSR count). The van der Waals surface area contributed by atoms with Gasteiger partial charge in [-0.05, 0) is 6.92 Å². The van der Waals surface area contributed by atoms with Crippen LogP contribution >= 0.6 is 0 Å². The van der Waals surface area contributed by atoms with Gasteiger partial charge in [0.1, 0.15) is 0 Å². The molecule has 0 aliphatic carbocycles. The normalized spacial score (nSPS) is 10.7. The summed E-state index contributed by atoms with van der Waals surface area (Å²) >= 11 is 0. The molecule has 0 aliphatic heterocycles. The van der Waals surface area contributed by atoms with Crippen molar-refractivity contribution in [1.29, 1.82) is 0 Å². The highest BCUT2D eigenvalue weighted by molar-refractivity contribution is 5.86. The third-order valence-electron chi connectivity index (χ3n) is 1.76. The van der Waals surface area contributed by atoms with Gasteiger partial charge in [0.15, 0.2) is 0 Å². The third kappa shape index (κ3) is 3.42. The van der Waals surface area contributed by atoms with E-state index in [4.69, 9.17) is 10.2 Å². The number of carbonyl (C=O) groups is 3. The molecule has 0 fully saturated rings. The van der Waals surface area contributed by atoms with Crippen LogP contribution in [0.1, 0.15) is 19.8 Å². The summed E-state index contributed by atoms with van der Waals surface area (Å²) in [5.41, 5.74) is -1.51. The Bertz CT molecular complexity index is 241. The molecule has 0 bridgehead atoms. The predicted molar refractivity (Wildman–Crippen MR) is 44.6 cm³/mol. The zero-order chi connectivity index (χ0) is 11.4. The first-order chi connectivity index (χ1) is 6.31. The van der Waals surface area contributed by atoms with E-state index in [1.54, 1.807) is 0 Å². The average molecular weight is 204 g/mol. The average Bonchev–Trinajstić information content (AvgIpc) is 1.99. The van der Waals surface area contributed by atoms with E-state index >= 15 is 0 Å². The molecule has 14 heavy (non-hydrogen) atoms. The van der Waals surface area contributed by atoms with Crippen molar-refractivity contribution in [2.45, 2.75) is 19.8 Å². The number of carboxylic acids is 2. The van der Waals surface area contributed by atoms with Crippen molar-refractivity contribution in [2.24, 2.45) is 5.41 Å². The molecular weight excluding hydrogens is 192 g/mol. The lowest BCUT2D eigenvalue weighted by molar-refractivity contribution is -0.161. The Balaban J connectivity index is 4.74. The Kier molecular flexibility index (Phi) is 4.07. The highest BCUT2D eigenvalue weighted by Crippen LogP contribution is 2.27. The number of carboxylic acid groups (broad SMARTS) is 2. The van der Waals surface area contributed by atoms with Crippen molar-refractivity contribution in [3.05, 3.63) is 0 Å². The molecule has 0 unspecified atom stereocenters. The number of rotatable bonds is 5. The summed E-state index contributed by atoms with van der Waals surface area (Å²) in [5, 5.41) is 17.0. The number of hydrogen-bond acceptors (Lipinski definition) is 4. The molecule has 0 aromatic carbocycles. The Hall–Kier alpha value is -1.59. The van der Waals surface area contributed by atoms with Crippen molar-refractivity contribution in [1.82, 2.24) is 0 Å². The van der Waals surface area contributed by atoms with Gasteiger partial charge in [0.2, 0.25) is 0 Å². The summed E-state index contributed by atoms with van der Waals surface area (Å²) in [6, 6.07) is 0. The summed E-state index contributed by atoms with van der Waals surface area (Å²) in [7, 11) is 1.09. The summed E-state index contributed by atoms with van der Waals surface area (Å²) in [6.45, 7) is 1.25. The van der Waals surface area contributed by atoms with Crippen LogP contribution in [0.25, 0.3) is 0 Å². The van der Waals surface area contributed by atoms with Crippen LogP contribution < -0.4 is 0 Å². The standard InChI is InChI=1S/C8H12O6/c1-8(3-5(9)10,4-6(11)12)7(13)14-2/h3-4H2,1-2H3,(H,9,10)(H,11,12). The van der Waals surface area contributed by atoms with E-state index in [0.717, 1.165) is 7.11 Å². The molecule has 6 nitrogen and oxygen atoms in total. The predicted octanol–water partition coefficient (Wildman–Crippen LogP) is 0.115. The van der Waals surface area contributed by atoms with Crippen LogP contribution in [0.3, 0.4) is 0 Å². The van der Waals surface area contributed by atoms with E-state index in [1.807, 2.05) is 0 Å². The molecule has 6 heteroatoms. The fraction of sp³-hybridized carbons (Fsp3) is 0.625. The molecule has 2 N–H and O–H groups in total. The lowest BCUT2D eigenvalue weighted by Gasteiger charge is -2.22. The quantitative estimate of drug-likeness (QED) is 0.616. The second-order valence-electron chi connectivity index (χ2n) is 3.19. The number of carbonyl (C=O) groups excluding carboxylic acids is 1. The van der Waals surface area contributed by atoms with Crippen LogP contribution in [0.4, 0.5) is 0 Å². The minimum absolute atomic E-state index is 0.564. The summed E-state index contributed by atoms with van der Waals surface area (Å²) in [5.74, 6) is -3.30. The van der Waals surface area contributed by atoms with Crippen molar-refractivity contribution < 1.29 is 29.3 Å². The first-order valence-electron chi connectivity index (χ1n) is 3.84. The van der Waals surface area contributed by atoms with Crippen LogP contribution in [-0.4, -0.2) is 35.2 Å². The van der Waals surface area contributed by atoms with Gasteiger partial charge in [-0.25, -0.2) is 0 Å². The first kappa shape index (κ1) is 12.4. The highest BCUT2D eigenvalue weighted by Gasteiger charge is 2.39. The molecular formula is C8H12O6. The summed E-state index contributed by atoms with van der Waals surface area (Å²) in [6.07, 6.45) is -1.13. The van der Waals surface area contributed by atoms with Gasteiger partial charge >= 0.3 is 17.9 Å². The van der Waals surface area contributed by atoms with Crippen molar-refractivity contribution in [3.63, 3.8) is 0 Å². The van der Waals surface area contributed by atoms with Crippen LogP contribution in [0.15, 0.2) is 0 Å². The second-order valence-corrected chi connectivity index (χ2v) is 3.19. The first-order valence-corrected chi connectivity index (χ1v) is 3.84. The smallest absolute Gasteiger partial charge is 0.312 e. The summed E-state index contributed by atoms with van der Waals surface area (Å²) in [4.78, 5) is 32.0. The molecule has 0 saturated carbocycles. The van der Waals surface area contributed by atoms with Crippen LogP contribution in [0.2, 0.25) is 0 Å². The van der Waals surface area contributed by atoms with Gasteiger partial charge in [-0.3, -0.25) is 14.4 Å². The monoisotopic (exact) mass is 204 g/mol. The Morgan fingerprint density at radius 1 is 1.14 bits per heavy atom. The van der Waals surface area contributed by atoms with Gasteiger partial charge in [-0.2, -0.15) is 0 Å². The van der Waals surface area contributed by atoms with Crippen molar-refractivity contribution in [3.8, 4) is 0 Å². The maximum atomic E-state index is 11.2. The lowest BCUT2D eigenvalue weighted by atomic mass is 9.83. The fourth-order valence-corrected chi connectivity index (χ4v) is 1.12. The Morgan fingerprint density at radius 3 is 1.71 bits per heavy atom. The maximum absolute atomic E-state index is 11.2. The molecule has 0 aromatic heterocycles. The SMILES string of the molecule is COC(=O)C(C)(CC(=O)O)CC(=O)O. The zero-order valence-corrected chi connectivity index (χ0v) is 7.94. The Labute approximate surface area is 80.5 Å². The molecule has 0 aromatic rings. The number of methoxy groups -OCH3 is 1. The molecule has 0 atom stereocenters. The number of esters is 1. The lowest BCUT2D eigenvalue weighted by Crippen LogP contribution is -2.34. The molecule has 0 heterocycles. The fourth-order valence-electron chi connectivity index (χ4n) is 1.12. The van der Waals surface area contributed by atoms with E-state index in [-0.39, 0.29) is 0 Å². The van der Waals surface area contributed by atoms with Crippen molar-refractivity contribution in [2.75, 3.05) is 7.11 Å². The van der Waals surface area contributed by atoms with Gasteiger partial charge in [-0.1, -0.05) is 0 Å². The molecule has 0 aliphatic rings. The van der Waals surface area contributed by atoms with Crippen LogP contribution in [0.5, 0.6) is 0 Å². The molecule has 0 spiro atoms. The highest BCUT2D eigenvalue weighted by atomic mass is 16.5. The van der Waals surface area contributed by atoms with Gasteiger partial charge in [-0.15, -0.1) is 0 Å². The van der Waals surface area contributed by atoms with E-state index in [2.05, 4.69) is 4.74 Å². The molecule has 80 valence electrons. The van der Waals surface area contributed by atoms with Crippen LogP contribution in [-0.2, 0) is 19.1 Å². The van der Waals surface area contributed by atoms with Gasteiger partial charge in [0.05, 0.1) is 25.4 Å². The van der Waals surface area contributed by atoms with E-state index < -0.39 is 36.2 Å². The molecule has 0 radical (unpaired) electrons. The Morgan fingerprint density at radius 2 is 1.50 bits per heavy atom. The maximum Gasteiger partial charge on any atom is 0.312 e. The van der Waals surface area contributed by atoms with E-state index in [9.17, 15) is 14.4 Å². The molecule has 0 saturated heterocycles. The minimum atomic E-state index is -1.51. The van der Waals surface area contributed by atoms with E-state index in [0.29, 0.717) is 0 Å². The van der Waals surface area contributed by atoms with Crippen LogP contribution in [0, 0.1) is 5.41 Å². The number of hydrogen-bond donors (Lipinski definition) is 2. The van der Waals surface area contributed by atoms with Crippen molar-refractivity contribution >= 4 is 17.9 Å². The van der Waals surface area contributed by atoms with E-state index in [1.165, 1.54) is 6.92 Å². The number of aliphatic carboxylic acids is 2. The third-order valence-corrected chi connectivity index (χ3v) is 1.76. The largest absolute Gasteiger partial charge is 0.481 e. The summed E-state index contributed by atoms with van der Waals surface area (Å²) < 4.78 is 4.35. The molecule has 0 amide bonds. The van der Waals surface area contributed by atoms with Gasteiger partial charge in [0.25, 0.3) is 0 Å².